The molecule has 1 aromatic rings. The highest BCUT2D eigenvalue weighted by molar-refractivity contribution is 5.96. The lowest BCUT2D eigenvalue weighted by Crippen LogP contribution is -2.01. The Labute approximate surface area is 82.7 Å². The zero-order valence-corrected chi connectivity index (χ0v) is 8.13. The van der Waals surface area contributed by atoms with Gasteiger partial charge in [0.15, 0.2) is 5.78 Å². The third kappa shape index (κ3) is 2.83. The fourth-order valence-electron chi connectivity index (χ4n) is 1.12. The van der Waals surface area contributed by atoms with Gasteiger partial charge in [-0.1, -0.05) is 19.1 Å². The minimum absolute atomic E-state index is 0.0315. The molecule has 0 radical (unpaired) electrons. The van der Waals surface area contributed by atoms with Gasteiger partial charge in [0.25, 0.3) is 0 Å². The van der Waals surface area contributed by atoms with E-state index in [1.165, 1.54) is 0 Å². The molecule has 0 unspecified atom stereocenters. The highest BCUT2D eigenvalue weighted by Gasteiger charge is 2.03. The van der Waals surface area contributed by atoms with E-state index in [1.807, 2.05) is 0 Å². The Kier molecular flexibility index (Phi) is 4.11. The van der Waals surface area contributed by atoms with Crippen LogP contribution < -0.4 is 4.74 Å². The molecule has 0 fully saturated rings. The number of ketones is 1. The fourth-order valence-corrected chi connectivity index (χ4v) is 1.12. The lowest BCUT2D eigenvalue weighted by molar-refractivity contribution is 0.0987. The number of benzene rings is 1. The van der Waals surface area contributed by atoms with Crippen LogP contribution in [0.4, 0.5) is 4.39 Å². The topological polar surface area (TPSA) is 26.3 Å². The third-order valence-electron chi connectivity index (χ3n) is 1.82. The van der Waals surface area contributed by atoms with Crippen LogP contribution >= 0.6 is 0 Å². The normalized spacial score (nSPS) is 9.86. The summed E-state index contributed by atoms with van der Waals surface area (Å²) in [4.78, 5) is 11.3. The van der Waals surface area contributed by atoms with Crippen LogP contribution in [0, 0.1) is 0 Å². The average Bonchev–Trinajstić information content (AvgIpc) is 2.25. The second-order valence-electron chi connectivity index (χ2n) is 2.84. The van der Waals surface area contributed by atoms with Crippen LogP contribution in [0.15, 0.2) is 24.3 Å². The van der Waals surface area contributed by atoms with E-state index in [4.69, 9.17) is 4.74 Å². The average molecular weight is 196 g/mol. The van der Waals surface area contributed by atoms with Crippen LogP contribution in [0.5, 0.6) is 5.75 Å². The Morgan fingerprint density at radius 3 is 2.93 bits per heavy atom. The number of alkyl halides is 1. The van der Waals surface area contributed by atoms with E-state index in [1.54, 1.807) is 31.2 Å². The maximum absolute atomic E-state index is 11.8. The maximum Gasteiger partial charge on any atom is 0.162 e. The van der Waals surface area contributed by atoms with Crippen molar-refractivity contribution in [1.82, 2.24) is 0 Å². The van der Waals surface area contributed by atoms with Gasteiger partial charge in [-0.25, -0.2) is 4.39 Å². The van der Waals surface area contributed by atoms with Gasteiger partial charge in [0.05, 0.1) is 0 Å². The number of carbonyl (C=O) groups excluding carboxylic acids is 1. The zero-order chi connectivity index (χ0) is 10.4. The molecule has 0 saturated heterocycles. The molecule has 0 N–H and O–H groups in total. The first-order valence-corrected chi connectivity index (χ1v) is 4.60. The van der Waals surface area contributed by atoms with Crippen molar-refractivity contribution in [1.29, 1.82) is 0 Å². The van der Waals surface area contributed by atoms with Crippen LogP contribution in [0.2, 0.25) is 0 Å². The number of ether oxygens (including phenoxy) is 1. The first-order chi connectivity index (χ1) is 6.77. The molecule has 0 aromatic heterocycles. The quantitative estimate of drug-likeness (QED) is 0.677. The smallest absolute Gasteiger partial charge is 0.162 e. The lowest BCUT2D eigenvalue weighted by Gasteiger charge is -2.04. The van der Waals surface area contributed by atoms with E-state index in [-0.39, 0.29) is 12.4 Å². The van der Waals surface area contributed by atoms with Gasteiger partial charge in [-0.05, 0) is 12.1 Å². The van der Waals surface area contributed by atoms with Gasteiger partial charge >= 0.3 is 0 Å². The van der Waals surface area contributed by atoms with E-state index in [2.05, 4.69) is 0 Å². The van der Waals surface area contributed by atoms with E-state index < -0.39 is 6.67 Å². The Balaban J connectivity index is 2.73. The molecule has 0 heterocycles. The second kappa shape index (κ2) is 5.37. The number of rotatable bonds is 5. The van der Waals surface area contributed by atoms with Crippen LogP contribution in [-0.4, -0.2) is 19.1 Å². The Bertz CT molecular complexity index is 310. The molecule has 0 spiro atoms. The minimum atomic E-state index is -0.522. The Hall–Kier alpha value is -1.38. The molecule has 0 bridgehead atoms. The van der Waals surface area contributed by atoms with Gasteiger partial charge in [0.2, 0.25) is 0 Å². The molecule has 3 heteroatoms. The number of carbonyl (C=O) groups is 1. The molecule has 0 aliphatic heterocycles. The molecule has 0 saturated carbocycles. The van der Waals surface area contributed by atoms with Gasteiger partial charge in [0.1, 0.15) is 19.0 Å². The summed E-state index contributed by atoms with van der Waals surface area (Å²) in [5.41, 5.74) is 0.615. The number of halogens is 1. The molecule has 0 aliphatic carbocycles. The molecule has 1 aromatic carbocycles. The summed E-state index contributed by atoms with van der Waals surface area (Å²) in [6.07, 6.45) is 0.465. The predicted molar refractivity (Wildman–Crippen MR) is 52.5 cm³/mol. The Morgan fingerprint density at radius 2 is 2.29 bits per heavy atom. The SMILES string of the molecule is CCC(=O)c1cccc(OCCF)c1. The van der Waals surface area contributed by atoms with Crippen LogP contribution in [0.3, 0.4) is 0 Å². The molecule has 0 aliphatic rings. The molecule has 14 heavy (non-hydrogen) atoms. The molecular formula is C11H13FO2. The third-order valence-corrected chi connectivity index (χ3v) is 1.82. The molecule has 1 rings (SSSR count). The molecule has 76 valence electrons. The van der Waals surface area contributed by atoms with Crippen molar-refractivity contribution in [2.24, 2.45) is 0 Å². The zero-order valence-electron chi connectivity index (χ0n) is 8.13. The predicted octanol–water partition coefficient (Wildman–Crippen LogP) is 2.63. The van der Waals surface area contributed by atoms with Crippen LogP contribution in [0.1, 0.15) is 23.7 Å². The van der Waals surface area contributed by atoms with Gasteiger partial charge in [-0.3, -0.25) is 4.79 Å². The summed E-state index contributed by atoms with van der Waals surface area (Å²) in [5, 5.41) is 0. The lowest BCUT2D eigenvalue weighted by atomic mass is 10.1. The Morgan fingerprint density at radius 1 is 1.50 bits per heavy atom. The van der Waals surface area contributed by atoms with Gasteiger partial charge in [-0.15, -0.1) is 0 Å². The molecular weight excluding hydrogens is 183 g/mol. The second-order valence-corrected chi connectivity index (χ2v) is 2.84. The van der Waals surface area contributed by atoms with Crippen molar-refractivity contribution in [2.75, 3.05) is 13.3 Å². The first-order valence-electron chi connectivity index (χ1n) is 4.60. The standard InChI is InChI=1S/C11H13FO2/c1-2-11(13)9-4-3-5-10(8-9)14-7-6-12/h3-5,8H,2,6-7H2,1H3. The summed E-state index contributed by atoms with van der Waals surface area (Å²) in [6.45, 7) is 1.31. The number of Topliss-reactive ketones (excluding diaryl/α,β-unsaturated/α-hetero) is 1. The van der Waals surface area contributed by atoms with Gasteiger partial charge in [0, 0.05) is 12.0 Å². The van der Waals surface area contributed by atoms with Crippen LogP contribution in [-0.2, 0) is 0 Å². The first kappa shape index (κ1) is 10.7. The number of hydrogen-bond donors (Lipinski definition) is 0. The minimum Gasteiger partial charge on any atom is -0.491 e. The van der Waals surface area contributed by atoms with Crippen molar-refractivity contribution >= 4 is 5.78 Å². The summed E-state index contributed by atoms with van der Waals surface area (Å²) in [7, 11) is 0. The highest BCUT2D eigenvalue weighted by Crippen LogP contribution is 2.14. The maximum atomic E-state index is 11.8. The fraction of sp³-hybridized carbons (Fsp3) is 0.364. The summed E-state index contributed by atoms with van der Waals surface area (Å²) >= 11 is 0. The molecule has 2 nitrogen and oxygen atoms in total. The van der Waals surface area contributed by atoms with Crippen LogP contribution in [0.25, 0.3) is 0 Å². The summed E-state index contributed by atoms with van der Waals surface area (Å²) in [6, 6.07) is 6.81. The van der Waals surface area contributed by atoms with Gasteiger partial charge < -0.3 is 4.74 Å². The van der Waals surface area contributed by atoms with E-state index >= 15 is 0 Å². The van der Waals surface area contributed by atoms with Crippen molar-refractivity contribution < 1.29 is 13.9 Å². The molecule has 0 atom stereocenters. The largest absolute Gasteiger partial charge is 0.491 e. The van der Waals surface area contributed by atoms with Crippen molar-refractivity contribution in [2.45, 2.75) is 13.3 Å². The van der Waals surface area contributed by atoms with E-state index in [9.17, 15) is 9.18 Å². The van der Waals surface area contributed by atoms with Gasteiger partial charge in [-0.2, -0.15) is 0 Å². The van der Waals surface area contributed by atoms with Crippen molar-refractivity contribution in [3.8, 4) is 5.75 Å². The highest BCUT2D eigenvalue weighted by atomic mass is 19.1. The van der Waals surface area contributed by atoms with E-state index in [0.717, 1.165) is 0 Å². The summed E-state index contributed by atoms with van der Waals surface area (Å²) < 4.78 is 16.9. The van der Waals surface area contributed by atoms with Crippen molar-refractivity contribution in [3.63, 3.8) is 0 Å². The molecule has 0 amide bonds. The summed E-state index contributed by atoms with van der Waals surface area (Å²) in [5.74, 6) is 0.609. The van der Waals surface area contributed by atoms with Crippen molar-refractivity contribution in [3.05, 3.63) is 29.8 Å². The monoisotopic (exact) mass is 196 g/mol. The number of hydrogen-bond acceptors (Lipinski definition) is 2. The van der Waals surface area contributed by atoms with E-state index in [0.29, 0.717) is 17.7 Å².